The highest BCUT2D eigenvalue weighted by molar-refractivity contribution is 5.95. The average molecular weight is 421 g/mol. The van der Waals surface area contributed by atoms with Crippen LogP contribution in [0.15, 0.2) is 54.6 Å². The predicted molar refractivity (Wildman–Crippen MR) is 122 cm³/mol. The molecule has 0 aromatic heterocycles. The Kier molecular flexibility index (Phi) is 7.36. The summed E-state index contributed by atoms with van der Waals surface area (Å²) in [6, 6.07) is 18.0. The molecule has 5 nitrogen and oxygen atoms in total. The van der Waals surface area contributed by atoms with Crippen LogP contribution in [0.4, 0.5) is 5.69 Å². The summed E-state index contributed by atoms with van der Waals surface area (Å²) in [5, 5.41) is 2.98. The Bertz CT molecular complexity index is 871. The Balaban J connectivity index is 1.46. The third-order valence-electron chi connectivity index (χ3n) is 6.29. The maximum atomic E-state index is 13.4. The molecular weight excluding hydrogens is 388 g/mol. The molecule has 1 unspecified atom stereocenters. The van der Waals surface area contributed by atoms with Crippen molar-refractivity contribution in [3.63, 3.8) is 0 Å². The van der Waals surface area contributed by atoms with Gasteiger partial charge in [0, 0.05) is 24.8 Å². The van der Waals surface area contributed by atoms with Crippen LogP contribution in [0.25, 0.3) is 0 Å². The molecule has 0 radical (unpaired) electrons. The van der Waals surface area contributed by atoms with Crippen molar-refractivity contribution in [2.45, 2.75) is 57.6 Å². The van der Waals surface area contributed by atoms with Crippen molar-refractivity contribution in [1.82, 2.24) is 5.32 Å². The topological polar surface area (TPSA) is 58.6 Å². The van der Waals surface area contributed by atoms with E-state index < -0.39 is 0 Å². The fourth-order valence-electron chi connectivity index (χ4n) is 4.57. The van der Waals surface area contributed by atoms with Crippen LogP contribution in [0.1, 0.15) is 49.7 Å². The molecule has 1 aliphatic carbocycles. The molecule has 31 heavy (non-hydrogen) atoms. The van der Waals surface area contributed by atoms with Crippen molar-refractivity contribution in [3.05, 3.63) is 65.7 Å². The van der Waals surface area contributed by atoms with E-state index >= 15 is 0 Å². The first-order chi connectivity index (χ1) is 15.2. The van der Waals surface area contributed by atoms with Gasteiger partial charge in [-0.1, -0.05) is 55.3 Å². The third-order valence-corrected chi connectivity index (χ3v) is 6.29. The smallest absolute Gasteiger partial charge is 0.230 e. The van der Waals surface area contributed by atoms with Crippen LogP contribution in [-0.4, -0.2) is 31.1 Å². The minimum atomic E-state index is -0.00983. The second-order valence-electron chi connectivity index (χ2n) is 8.68. The molecular formula is C26H32N2O3. The zero-order valence-electron chi connectivity index (χ0n) is 18.1. The molecule has 1 aliphatic heterocycles. The van der Waals surface area contributed by atoms with E-state index in [1.165, 1.54) is 0 Å². The van der Waals surface area contributed by atoms with E-state index in [2.05, 4.69) is 17.4 Å². The van der Waals surface area contributed by atoms with Crippen molar-refractivity contribution in [3.8, 4) is 0 Å². The van der Waals surface area contributed by atoms with Crippen LogP contribution in [-0.2, 0) is 27.3 Å². The second-order valence-corrected chi connectivity index (χ2v) is 8.68. The summed E-state index contributed by atoms with van der Waals surface area (Å²) < 4.78 is 5.58. The van der Waals surface area contributed by atoms with Crippen molar-refractivity contribution >= 4 is 17.5 Å². The lowest BCUT2D eigenvalue weighted by molar-refractivity contribution is -0.122. The largest absolute Gasteiger partial charge is 0.376 e. The van der Waals surface area contributed by atoms with E-state index in [4.69, 9.17) is 4.74 Å². The number of amides is 2. The van der Waals surface area contributed by atoms with Gasteiger partial charge in [-0.05, 0) is 48.9 Å². The number of nitrogens with zero attached hydrogens (tertiary/aromatic N) is 1. The molecule has 164 valence electrons. The number of carbonyl (C=O) groups excluding carboxylic acids is 2. The fourth-order valence-corrected chi connectivity index (χ4v) is 4.57. The van der Waals surface area contributed by atoms with Gasteiger partial charge in [0.15, 0.2) is 0 Å². The van der Waals surface area contributed by atoms with Gasteiger partial charge in [0.2, 0.25) is 11.8 Å². The highest BCUT2D eigenvalue weighted by Crippen LogP contribution is 2.30. The van der Waals surface area contributed by atoms with Crippen molar-refractivity contribution in [2.75, 3.05) is 18.1 Å². The summed E-state index contributed by atoms with van der Waals surface area (Å²) in [6.45, 7) is 1.90. The van der Waals surface area contributed by atoms with Crippen LogP contribution in [0.5, 0.6) is 0 Å². The summed E-state index contributed by atoms with van der Waals surface area (Å²) >= 11 is 0. The van der Waals surface area contributed by atoms with Gasteiger partial charge in [-0.25, -0.2) is 0 Å². The molecule has 2 aromatic rings. The molecule has 1 atom stereocenters. The minimum Gasteiger partial charge on any atom is -0.376 e. The van der Waals surface area contributed by atoms with Crippen LogP contribution in [0, 0.1) is 5.92 Å². The lowest BCUT2D eigenvalue weighted by atomic mass is 10.0. The van der Waals surface area contributed by atoms with Gasteiger partial charge in [-0.3, -0.25) is 9.59 Å². The molecule has 0 spiro atoms. The normalized spacial score (nSPS) is 18.8. The molecule has 4 rings (SSSR count). The first-order valence-corrected chi connectivity index (χ1v) is 11.5. The lowest BCUT2D eigenvalue weighted by Crippen LogP contribution is -2.35. The van der Waals surface area contributed by atoms with E-state index in [1.807, 2.05) is 47.4 Å². The van der Waals surface area contributed by atoms with Gasteiger partial charge >= 0.3 is 0 Å². The minimum absolute atomic E-state index is 0.00983. The Morgan fingerprint density at radius 3 is 2.45 bits per heavy atom. The molecule has 1 N–H and O–H groups in total. The highest BCUT2D eigenvalue weighted by Gasteiger charge is 2.28. The number of carbonyl (C=O) groups is 2. The van der Waals surface area contributed by atoms with Crippen molar-refractivity contribution < 1.29 is 14.3 Å². The van der Waals surface area contributed by atoms with E-state index in [0.717, 1.165) is 61.9 Å². The standard InChI is InChI=1S/C26H32N2O3/c29-25(27-18-24-14-7-15-31-24)17-21-10-6-13-23(16-21)28(19-20-8-2-1-3-9-20)26(30)22-11-4-5-12-22/h1-3,6,8-10,13,16,22,24H,4-5,7,11-12,14-15,17-19H2,(H,27,29). The maximum Gasteiger partial charge on any atom is 0.230 e. The van der Waals surface area contributed by atoms with E-state index in [0.29, 0.717) is 19.5 Å². The van der Waals surface area contributed by atoms with Gasteiger partial charge in [0.05, 0.1) is 19.1 Å². The van der Waals surface area contributed by atoms with Gasteiger partial charge in [0.1, 0.15) is 0 Å². The molecule has 2 aromatic carbocycles. The molecule has 5 heteroatoms. The predicted octanol–water partition coefficient (Wildman–Crippen LogP) is 4.25. The van der Waals surface area contributed by atoms with Gasteiger partial charge in [-0.15, -0.1) is 0 Å². The van der Waals surface area contributed by atoms with Gasteiger partial charge < -0.3 is 15.0 Å². The van der Waals surface area contributed by atoms with Crippen LogP contribution in [0.3, 0.4) is 0 Å². The van der Waals surface area contributed by atoms with Crippen LogP contribution < -0.4 is 10.2 Å². The number of anilines is 1. The molecule has 2 aliphatic rings. The first-order valence-electron chi connectivity index (χ1n) is 11.5. The van der Waals surface area contributed by atoms with E-state index in [9.17, 15) is 9.59 Å². The average Bonchev–Trinajstić information content (AvgIpc) is 3.51. The number of rotatable bonds is 8. The SMILES string of the molecule is O=C(Cc1cccc(N(Cc2ccccc2)C(=O)C2CCCC2)c1)NCC1CCCO1. The van der Waals surface area contributed by atoms with Crippen LogP contribution >= 0.6 is 0 Å². The summed E-state index contributed by atoms with van der Waals surface area (Å²) in [6.07, 6.45) is 6.70. The number of benzene rings is 2. The first kappa shape index (κ1) is 21.6. The Hall–Kier alpha value is -2.66. The van der Waals surface area contributed by atoms with Crippen molar-refractivity contribution in [2.24, 2.45) is 5.92 Å². The van der Waals surface area contributed by atoms with E-state index in [-0.39, 0.29) is 23.8 Å². The third kappa shape index (κ3) is 5.95. The summed E-state index contributed by atoms with van der Waals surface area (Å²) in [4.78, 5) is 27.7. The maximum absolute atomic E-state index is 13.4. The zero-order valence-corrected chi connectivity index (χ0v) is 18.1. The molecule has 2 amide bonds. The molecule has 1 saturated heterocycles. The molecule has 1 saturated carbocycles. The molecule has 2 fully saturated rings. The zero-order chi connectivity index (χ0) is 21.5. The number of hydrogen-bond acceptors (Lipinski definition) is 3. The number of nitrogens with one attached hydrogen (secondary N) is 1. The van der Waals surface area contributed by atoms with Gasteiger partial charge in [-0.2, -0.15) is 0 Å². The number of ether oxygens (including phenoxy) is 1. The van der Waals surface area contributed by atoms with Crippen LogP contribution in [0.2, 0.25) is 0 Å². The highest BCUT2D eigenvalue weighted by atomic mass is 16.5. The quantitative estimate of drug-likeness (QED) is 0.695. The Labute approximate surface area is 184 Å². The van der Waals surface area contributed by atoms with Gasteiger partial charge in [0.25, 0.3) is 0 Å². The Morgan fingerprint density at radius 1 is 0.935 bits per heavy atom. The summed E-state index contributed by atoms with van der Waals surface area (Å²) in [5.74, 6) is 0.285. The van der Waals surface area contributed by atoms with E-state index in [1.54, 1.807) is 0 Å². The second kappa shape index (κ2) is 10.6. The summed E-state index contributed by atoms with van der Waals surface area (Å²) in [5.41, 5.74) is 2.89. The monoisotopic (exact) mass is 420 g/mol. The molecule has 1 heterocycles. The number of hydrogen-bond donors (Lipinski definition) is 1. The Morgan fingerprint density at radius 2 is 1.71 bits per heavy atom. The fraction of sp³-hybridized carbons (Fsp3) is 0.462. The lowest BCUT2D eigenvalue weighted by Gasteiger charge is -2.26. The van der Waals surface area contributed by atoms with Crippen molar-refractivity contribution in [1.29, 1.82) is 0 Å². The molecule has 0 bridgehead atoms. The summed E-state index contributed by atoms with van der Waals surface area (Å²) in [7, 11) is 0.